The lowest BCUT2D eigenvalue weighted by Crippen LogP contribution is -2.36. The van der Waals surface area contributed by atoms with Crippen LogP contribution in [0.1, 0.15) is 11.1 Å². The number of rotatable bonds is 8. The fraction of sp³-hybridized carbons (Fsp3) is 0.148. The number of halogens is 1. The van der Waals surface area contributed by atoms with Gasteiger partial charge in [-0.25, -0.2) is 4.39 Å². The van der Waals surface area contributed by atoms with Crippen LogP contribution >= 0.6 is 11.8 Å². The van der Waals surface area contributed by atoms with Crippen LogP contribution in [-0.4, -0.2) is 42.4 Å². The Kier molecular flexibility index (Phi) is 7.18. The molecule has 0 spiro atoms. The number of imide groups is 1. The molecule has 2 aliphatic rings. The largest absolute Gasteiger partial charge is 0.493 e. The molecule has 3 aromatic carbocycles. The van der Waals surface area contributed by atoms with Crippen molar-refractivity contribution in [3.05, 3.63) is 82.5 Å². The number of methoxy groups -OCH3 is 1. The number of carbonyl (C=O) groups excluding carboxylic acids is 3. The molecule has 3 aromatic rings. The number of hydrogen-bond acceptors (Lipinski definition) is 8. The van der Waals surface area contributed by atoms with Gasteiger partial charge in [-0.15, -0.1) is 0 Å². The third kappa shape index (κ3) is 5.57. The summed E-state index contributed by atoms with van der Waals surface area (Å²) in [5, 5.41) is 2.11. The summed E-state index contributed by atoms with van der Waals surface area (Å²) in [6.07, 6.45) is 1.55. The van der Waals surface area contributed by atoms with Crippen LogP contribution in [0.4, 0.5) is 14.9 Å². The van der Waals surface area contributed by atoms with Crippen molar-refractivity contribution in [2.24, 2.45) is 0 Å². The quantitative estimate of drug-likeness (QED) is 0.409. The molecule has 0 aliphatic carbocycles. The number of ether oxygens (including phenoxy) is 4. The van der Waals surface area contributed by atoms with E-state index in [0.717, 1.165) is 22.2 Å². The fourth-order valence-corrected chi connectivity index (χ4v) is 4.58. The first-order chi connectivity index (χ1) is 18.4. The van der Waals surface area contributed by atoms with E-state index in [-0.39, 0.29) is 24.1 Å². The van der Waals surface area contributed by atoms with Crippen molar-refractivity contribution in [2.75, 3.05) is 25.8 Å². The third-order valence-electron chi connectivity index (χ3n) is 5.62. The molecular formula is C27H21FN2O7S. The molecule has 0 saturated carbocycles. The number of anilines is 1. The zero-order valence-electron chi connectivity index (χ0n) is 20.1. The number of nitrogens with zero attached hydrogens (tertiary/aromatic N) is 1. The molecule has 2 aliphatic heterocycles. The van der Waals surface area contributed by atoms with Gasteiger partial charge in [-0.3, -0.25) is 19.3 Å². The summed E-state index contributed by atoms with van der Waals surface area (Å²) in [4.78, 5) is 38.9. The maximum atomic E-state index is 13.1. The Morgan fingerprint density at radius 1 is 1.05 bits per heavy atom. The summed E-state index contributed by atoms with van der Waals surface area (Å²) < 4.78 is 34.8. The molecule has 1 N–H and O–H groups in total. The first-order valence-electron chi connectivity index (χ1n) is 11.4. The van der Waals surface area contributed by atoms with E-state index in [0.29, 0.717) is 34.2 Å². The minimum absolute atomic E-state index is 0.105. The molecule has 194 valence electrons. The van der Waals surface area contributed by atoms with Crippen molar-refractivity contribution in [2.45, 2.75) is 6.61 Å². The topological polar surface area (TPSA) is 103 Å². The molecular weight excluding hydrogens is 515 g/mol. The molecule has 1 saturated heterocycles. The zero-order chi connectivity index (χ0) is 26.6. The van der Waals surface area contributed by atoms with Gasteiger partial charge in [-0.2, -0.15) is 0 Å². The summed E-state index contributed by atoms with van der Waals surface area (Å²) in [7, 11) is 1.48. The van der Waals surface area contributed by atoms with E-state index in [9.17, 15) is 18.8 Å². The molecule has 38 heavy (non-hydrogen) atoms. The van der Waals surface area contributed by atoms with Gasteiger partial charge in [-0.05, 0) is 65.4 Å². The number of benzene rings is 3. The van der Waals surface area contributed by atoms with Gasteiger partial charge in [0.05, 0.1) is 12.0 Å². The van der Waals surface area contributed by atoms with Crippen LogP contribution in [0.5, 0.6) is 23.0 Å². The summed E-state index contributed by atoms with van der Waals surface area (Å²) in [6, 6.07) is 15.9. The second-order valence-electron chi connectivity index (χ2n) is 8.21. The number of nitrogens with one attached hydrogen (secondary N) is 1. The Labute approximate surface area is 221 Å². The van der Waals surface area contributed by atoms with Crippen LogP contribution in [0.3, 0.4) is 0 Å². The molecule has 2 heterocycles. The Morgan fingerprint density at radius 2 is 1.84 bits per heavy atom. The minimum Gasteiger partial charge on any atom is -0.493 e. The first-order valence-corrected chi connectivity index (χ1v) is 12.2. The average Bonchev–Trinajstić information content (AvgIpc) is 3.48. The Hall–Kier alpha value is -4.51. The smallest absolute Gasteiger partial charge is 0.294 e. The van der Waals surface area contributed by atoms with E-state index in [1.54, 1.807) is 54.6 Å². The van der Waals surface area contributed by atoms with Crippen molar-refractivity contribution in [1.29, 1.82) is 0 Å². The van der Waals surface area contributed by atoms with Gasteiger partial charge in [0, 0.05) is 11.8 Å². The molecule has 0 bridgehead atoms. The monoisotopic (exact) mass is 536 g/mol. The van der Waals surface area contributed by atoms with Gasteiger partial charge in [0.2, 0.25) is 12.7 Å². The lowest BCUT2D eigenvalue weighted by atomic mass is 10.1. The van der Waals surface area contributed by atoms with Crippen LogP contribution in [0.2, 0.25) is 0 Å². The van der Waals surface area contributed by atoms with E-state index in [1.165, 1.54) is 19.2 Å². The number of hydrogen-bond donors (Lipinski definition) is 1. The van der Waals surface area contributed by atoms with Crippen molar-refractivity contribution in [3.63, 3.8) is 0 Å². The lowest BCUT2D eigenvalue weighted by Gasteiger charge is -2.13. The normalized spacial score (nSPS) is 15.2. The highest BCUT2D eigenvalue weighted by atomic mass is 32.2. The van der Waals surface area contributed by atoms with Crippen molar-refractivity contribution < 1.29 is 37.7 Å². The van der Waals surface area contributed by atoms with Crippen LogP contribution < -0.4 is 24.3 Å². The first kappa shape index (κ1) is 25.2. The number of amides is 3. The van der Waals surface area contributed by atoms with Gasteiger partial charge >= 0.3 is 0 Å². The fourth-order valence-electron chi connectivity index (χ4n) is 3.74. The van der Waals surface area contributed by atoms with Crippen molar-refractivity contribution in [3.8, 4) is 23.0 Å². The maximum absolute atomic E-state index is 13.1. The predicted molar refractivity (Wildman–Crippen MR) is 138 cm³/mol. The van der Waals surface area contributed by atoms with Crippen LogP contribution in [0.25, 0.3) is 6.08 Å². The second-order valence-corrected chi connectivity index (χ2v) is 9.20. The number of fused-ring (bicyclic) bond motifs is 1. The zero-order valence-corrected chi connectivity index (χ0v) is 20.9. The van der Waals surface area contributed by atoms with Crippen molar-refractivity contribution in [1.82, 2.24) is 4.90 Å². The van der Waals surface area contributed by atoms with Gasteiger partial charge in [0.15, 0.2) is 23.0 Å². The highest BCUT2D eigenvalue weighted by Crippen LogP contribution is 2.36. The van der Waals surface area contributed by atoms with E-state index < -0.39 is 23.6 Å². The molecule has 5 rings (SSSR count). The highest BCUT2D eigenvalue weighted by Gasteiger charge is 2.36. The standard InChI is InChI=1S/C27H21FN2O7S/c1-34-22-10-17(4-8-20(22)35-14-16-2-5-18(28)6-3-16)11-24-26(32)30(27(33)38-24)13-25(31)29-19-7-9-21-23(12-19)37-15-36-21/h2-12H,13-15H2,1H3,(H,29,31)/b24-11-. The van der Waals surface area contributed by atoms with E-state index in [1.807, 2.05) is 0 Å². The second kappa shape index (κ2) is 10.9. The molecule has 1 fully saturated rings. The number of carbonyl (C=O) groups is 3. The van der Waals surface area contributed by atoms with E-state index >= 15 is 0 Å². The van der Waals surface area contributed by atoms with E-state index in [4.69, 9.17) is 18.9 Å². The Morgan fingerprint density at radius 3 is 2.63 bits per heavy atom. The summed E-state index contributed by atoms with van der Waals surface area (Å²) >= 11 is 0.747. The Bertz CT molecular complexity index is 1440. The predicted octanol–water partition coefficient (Wildman–Crippen LogP) is 4.82. The van der Waals surface area contributed by atoms with Crippen LogP contribution in [0.15, 0.2) is 65.6 Å². The SMILES string of the molecule is COc1cc(/C=C2\SC(=O)N(CC(=O)Nc3ccc4c(c3)OCO4)C2=O)ccc1OCc1ccc(F)cc1. The Balaban J connectivity index is 1.23. The van der Waals surface area contributed by atoms with Crippen LogP contribution in [-0.2, 0) is 16.2 Å². The van der Waals surface area contributed by atoms with E-state index in [2.05, 4.69) is 5.32 Å². The summed E-state index contributed by atoms with van der Waals surface area (Å²) in [5.74, 6) is 0.520. The average molecular weight is 537 g/mol. The van der Waals surface area contributed by atoms with Gasteiger partial charge in [0.1, 0.15) is 19.0 Å². The van der Waals surface area contributed by atoms with Crippen molar-refractivity contribution >= 4 is 40.6 Å². The molecule has 9 nitrogen and oxygen atoms in total. The molecule has 0 unspecified atom stereocenters. The molecule has 0 atom stereocenters. The van der Waals surface area contributed by atoms with Gasteiger partial charge < -0.3 is 24.3 Å². The van der Waals surface area contributed by atoms with Crippen LogP contribution in [0, 0.1) is 5.82 Å². The third-order valence-corrected chi connectivity index (χ3v) is 6.53. The number of thioether (sulfide) groups is 1. The lowest BCUT2D eigenvalue weighted by molar-refractivity contribution is -0.127. The van der Waals surface area contributed by atoms with Gasteiger partial charge in [-0.1, -0.05) is 18.2 Å². The van der Waals surface area contributed by atoms with Gasteiger partial charge in [0.25, 0.3) is 11.1 Å². The molecule has 0 radical (unpaired) electrons. The minimum atomic E-state index is -0.573. The maximum Gasteiger partial charge on any atom is 0.294 e. The molecule has 0 aromatic heterocycles. The molecule has 3 amide bonds. The summed E-state index contributed by atoms with van der Waals surface area (Å²) in [6.45, 7) is -0.118. The molecule has 11 heteroatoms. The summed E-state index contributed by atoms with van der Waals surface area (Å²) in [5.41, 5.74) is 1.84. The highest BCUT2D eigenvalue weighted by molar-refractivity contribution is 8.18.